The number of ketones is 1. The van der Waals surface area contributed by atoms with Crippen LogP contribution in [-0.2, 0) is 11.2 Å². The Bertz CT molecular complexity index is 1000. The normalized spacial score (nSPS) is 13.0. The molecule has 0 saturated heterocycles. The Kier molecular flexibility index (Phi) is 6.01. The zero-order chi connectivity index (χ0) is 22.1. The van der Waals surface area contributed by atoms with Gasteiger partial charge >= 0.3 is 0 Å². The summed E-state index contributed by atoms with van der Waals surface area (Å²) in [6.45, 7) is 7.78. The van der Waals surface area contributed by atoms with Crippen molar-refractivity contribution in [2.75, 3.05) is 27.8 Å². The lowest BCUT2D eigenvalue weighted by atomic mass is 9.92. The molecule has 0 aliphatic heterocycles. The molecule has 5 nitrogen and oxygen atoms in total. The molecule has 2 aromatic rings. The first-order chi connectivity index (χ1) is 14.2. The molecule has 1 amide bonds. The third-order valence-electron chi connectivity index (χ3n) is 5.47. The maximum atomic E-state index is 12.5. The summed E-state index contributed by atoms with van der Waals surface area (Å²) in [5.41, 5.74) is 3.76. The number of methoxy groups -OCH3 is 1. The molecule has 0 atom stereocenters. The van der Waals surface area contributed by atoms with Crippen molar-refractivity contribution in [1.82, 2.24) is 4.90 Å². The molecule has 1 aliphatic rings. The molecular formula is C25H29NO4. The summed E-state index contributed by atoms with van der Waals surface area (Å²) < 4.78 is 11.9. The van der Waals surface area contributed by atoms with Crippen LogP contribution < -0.4 is 9.47 Å². The second-order valence-electron chi connectivity index (χ2n) is 8.44. The minimum atomic E-state index is -0.708. The van der Waals surface area contributed by atoms with E-state index in [2.05, 4.69) is 6.58 Å². The van der Waals surface area contributed by atoms with Crippen molar-refractivity contribution in [3.63, 3.8) is 0 Å². The predicted octanol–water partition coefficient (Wildman–Crippen LogP) is 4.63. The van der Waals surface area contributed by atoms with E-state index in [1.54, 1.807) is 32.2 Å². The van der Waals surface area contributed by atoms with Crippen molar-refractivity contribution in [3.8, 4) is 22.6 Å². The molecule has 0 fully saturated rings. The zero-order valence-electron chi connectivity index (χ0n) is 18.4. The largest absolute Gasteiger partial charge is 0.492 e. The highest BCUT2D eigenvalue weighted by molar-refractivity contribution is 6.01. The molecule has 5 heteroatoms. The quantitative estimate of drug-likeness (QED) is 0.672. The van der Waals surface area contributed by atoms with Crippen molar-refractivity contribution < 1.29 is 19.1 Å². The smallest absolute Gasteiger partial charge is 0.231 e. The van der Waals surface area contributed by atoms with Crippen LogP contribution in [0.5, 0.6) is 11.5 Å². The summed E-state index contributed by atoms with van der Waals surface area (Å²) >= 11 is 0. The van der Waals surface area contributed by atoms with Crippen molar-refractivity contribution in [2.24, 2.45) is 5.41 Å². The number of fused-ring (bicyclic) bond motifs is 1. The van der Waals surface area contributed by atoms with Gasteiger partial charge in [0.1, 0.15) is 6.61 Å². The molecule has 0 aromatic heterocycles. The van der Waals surface area contributed by atoms with Gasteiger partial charge in [-0.3, -0.25) is 9.59 Å². The lowest BCUT2D eigenvalue weighted by Gasteiger charge is -2.28. The van der Waals surface area contributed by atoms with E-state index >= 15 is 0 Å². The van der Waals surface area contributed by atoms with Crippen LogP contribution in [0.3, 0.4) is 0 Å². The predicted molar refractivity (Wildman–Crippen MR) is 119 cm³/mol. The van der Waals surface area contributed by atoms with Gasteiger partial charge in [-0.1, -0.05) is 36.9 Å². The highest BCUT2D eigenvalue weighted by Gasteiger charge is 2.31. The van der Waals surface area contributed by atoms with E-state index in [-0.39, 0.29) is 18.3 Å². The van der Waals surface area contributed by atoms with E-state index in [1.807, 2.05) is 44.2 Å². The molecule has 0 radical (unpaired) electrons. The Morgan fingerprint density at radius 3 is 2.47 bits per heavy atom. The molecule has 0 N–H and O–H groups in total. The fraction of sp³-hybridized carbons (Fsp3) is 0.360. The van der Waals surface area contributed by atoms with E-state index in [9.17, 15) is 9.59 Å². The van der Waals surface area contributed by atoms with Gasteiger partial charge in [-0.15, -0.1) is 0 Å². The van der Waals surface area contributed by atoms with Crippen LogP contribution in [0.4, 0.5) is 0 Å². The Labute approximate surface area is 178 Å². The van der Waals surface area contributed by atoms with Gasteiger partial charge in [0, 0.05) is 37.2 Å². The molecule has 2 aromatic carbocycles. The summed E-state index contributed by atoms with van der Waals surface area (Å²) in [7, 11) is 5.07. The standard InChI is InChI=1S/C25H29NO4/c1-7-16-8-12-20(18-9-11-19-17(14-18)10-13-21(19)27)23(22(16)29-6)30-15-25(2,3)24(28)26(4)5/h7-9,11-12,14H,1,10,13,15H2,2-6H3. The minimum absolute atomic E-state index is 0.0149. The minimum Gasteiger partial charge on any atom is -0.492 e. The SMILES string of the molecule is C=Cc1ccc(-c2ccc3c(c2)CCC3=O)c(OCC(C)(C)C(=O)N(C)C)c1OC. The Morgan fingerprint density at radius 2 is 1.83 bits per heavy atom. The number of ether oxygens (including phenoxy) is 2. The summed E-state index contributed by atoms with van der Waals surface area (Å²) in [5, 5.41) is 0. The summed E-state index contributed by atoms with van der Waals surface area (Å²) in [6, 6.07) is 9.77. The highest BCUT2D eigenvalue weighted by Crippen LogP contribution is 2.43. The maximum Gasteiger partial charge on any atom is 0.231 e. The van der Waals surface area contributed by atoms with Crippen LogP contribution in [0.2, 0.25) is 0 Å². The number of rotatable bonds is 7. The molecule has 0 spiro atoms. The van der Waals surface area contributed by atoms with E-state index in [1.165, 1.54) is 0 Å². The molecule has 1 aliphatic carbocycles. The number of Topliss-reactive ketones (excluding diaryl/α,β-unsaturated/α-hetero) is 1. The molecule has 0 heterocycles. The van der Waals surface area contributed by atoms with Gasteiger partial charge in [-0.2, -0.15) is 0 Å². The van der Waals surface area contributed by atoms with Crippen LogP contribution in [0, 0.1) is 5.41 Å². The summed E-state index contributed by atoms with van der Waals surface area (Å²) in [4.78, 5) is 26.1. The first-order valence-electron chi connectivity index (χ1n) is 10.0. The van der Waals surface area contributed by atoms with Crippen molar-refractivity contribution in [2.45, 2.75) is 26.7 Å². The first-order valence-corrected chi connectivity index (χ1v) is 10.0. The van der Waals surface area contributed by atoms with Crippen molar-refractivity contribution in [3.05, 3.63) is 53.6 Å². The average molecular weight is 408 g/mol. The topological polar surface area (TPSA) is 55.8 Å². The maximum absolute atomic E-state index is 12.5. The molecule has 30 heavy (non-hydrogen) atoms. The molecule has 0 bridgehead atoms. The van der Waals surface area contributed by atoms with Crippen LogP contribution in [-0.4, -0.2) is 44.4 Å². The number of hydrogen-bond acceptors (Lipinski definition) is 4. The third-order valence-corrected chi connectivity index (χ3v) is 5.47. The summed E-state index contributed by atoms with van der Waals surface area (Å²) in [5.74, 6) is 1.32. The number of amides is 1. The molecule has 158 valence electrons. The number of carbonyl (C=O) groups excluding carboxylic acids is 2. The van der Waals surface area contributed by atoms with Crippen molar-refractivity contribution >= 4 is 17.8 Å². The number of carbonyl (C=O) groups is 2. The van der Waals surface area contributed by atoms with Crippen LogP contribution in [0.1, 0.15) is 41.8 Å². The fourth-order valence-corrected chi connectivity index (χ4v) is 3.86. The monoisotopic (exact) mass is 407 g/mol. The number of aryl methyl sites for hydroxylation is 1. The van der Waals surface area contributed by atoms with Crippen LogP contribution in [0.25, 0.3) is 17.2 Å². The number of benzene rings is 2. The second-order valence-corrected chi connectivity index (χ2v) is 8.44. The fourth-order valence-electron chi connectivity index (χ4n) is 3.86. The van der Waals surface area contributed by atoms with Gasteiger partial charge < -0.3 is 14.4 Å². The average Bonchev–Trinajstić information content (AvgIpc) is 3.10. The van der Waals surface area contributed by atoms with Crippen LogP contribution >= 0.6 is 0 Å². The number of hydrogen-bond donors (Lipinski definition) is 0. The van der Waals surface area contributed by atoms with Crippen LogP contribution in [0.15, 0.2) is 36.9 Å². The van der Waals surface area contributed by atoms with E-state index in [0.29, 0.717) is 17.9 Å². The Hall–Kier alpha value is -3.08. The number of nitrogens with zero attached hydrogens (tertiary/aromatic N) is 1. The van der Waals surface area contributed by atoms with Gasteiger partial charge in [-0.05, 0) is 37.5 Å². The highest BCUT2D eigenvalue weighted by atomic mass is 16.5. The van der Waals surface area contributed by atoms with E-state index < -0.39 is 5.41 Å². The van der Waals surface area contributed by atoms with E-state index in [4.69, 9.17) is 9.47 Å². The van der Waals surface area contributed by atoms with Gasteiger partial charge in [0.15, 0.2) is 17.3 Å². The zero-order valence-corrected chi connectivity index (χ0v) is 18.4. The summed E-state index contributed by atoms with van der Waals surface area (Å²) in [6.07, 6.45) is 3.03. The Morgan fingerprint density at radius 1 is 1.13 bits per heavy atom. The van der Waals surface area contributed by atoms with Gasteiger partial charge in [0.2, 0.25) is 5.91 Å². The van der Waals surface area contributed by atoms with Gasteiger partial charge in [0.05, 0.1) is 12.5 Å². The molecule has 0 saturated carbocycles. The van der Waals surface area contributed by atoms with Crippen molar-refractivity contribution in [1.29, 1.82) is 0 Å². The second kappa shape index (κ2) is 8.34. The third kappa shape index (κ3) is 3.97. The first kappa shape index (κ1) is 21.6. The molecule has 3 rings (SSSR count). The van der Waals surface area contributed by atoms with Gasteiger partial charge in [0.25, 0.3) is 0 Å². The van der Waals surface area contributed by atoms with E-state index in [0.717, 1.165) is 34.2 Å². The van der Waals surface area contributed by atoms with Gasteiger partial charge in [-0.25, -0.2) is 0 Å². The molecule has 0 unspecified atom stereocenters. The molecular weight excluding hydrogens is 378 g/mol. The lowest BCUT2D eigenvalue weighted by molar-refractivity contribution is -0.139. The lowest BCUT2D eigenvalue weighted by Crippen LogP contribution is -2.40. The Balaban J connectivity index is 2.05.